The SMILES string of the molecule is C=CNc1cnc(N2CCCC2)nc1C(N)=Nc1cc(Cl)cc(C(=O)NC(C=C(NC)C(C)(C)C)=NC)c1Cl. The molecule has 39 heavy (non-hydrogen) atoms. The summed E-state index contributed by atoms with van der Waals surface area (Å²) in [5, 5.41) is 9.27. The van der Waals surface area contributed by atoms with Gasteiger partial charge in [-0.2, -0.15) is 0 Å². The molecule has 12 heteroatoms. The number of hydrogen-bond acceptors (Lipinski definition) is 8. The molecule has 1 aliphatic rings. The Balaban J connectivity index is 1.98. The van der Waals surface area contributed by atoms with Crippen LogP contribution in [-0.2, 0) is 0 Å². The van der Waals surface area contributed by atoms with Crippen molar-refractivity contribution in [2.75, 3.05) is 37.4 Å². The quantitative estimate of drug-likeness (QED) is 0.262. The molecule has 1 amide bonds. The van der Waals surface area contributed by atoms with Gasteiger partial charge in [0.25, 0.3) is 5.91 Å². The Bertz CT molecular complexity index is 1320. The number of aromatic nitrogens is 2. The van der Waals surface area contributed by atoms with Crippen LogP contribution in [0, 0.1) is 5.41 Å². The van der Waals surface area contributed by atoms with Crippen LogP contribution in [0.15, 0.2) is 52.9 Å². The molecule has 2 aromatic rings. The van der Waals surface area contributed by atoms with E-state index >= 15 is 0 Å². The van der Waals surface area contributed by atoms with Crippen LogP contribution in [-0.4, -0.2) is 54.7 Å². The molecule has 1 aromatic heterocycles. The average molecular weight is 573 g/mol. The monoisotopic (exact) mass is 571 g/mol. The smallest absolute Gasteiger partial charge is 0.258 e. The highest BCUT2D eigenvalue weighted by Gasteiger charge is 2.21. The fourth-order valence-corrected chi connectivity index (χ4v) is 4.45. The van der Waals surface area contributed by atoms with E-state index in [1.807, 2.05) is 7.05 Å². The predicted molar refractivity (Wildman–Crippen MR) is 162 cm³/mol. The molecule has 1 saturated heterocycles. The van der Waals surface area contributed by atoms with Gasteiger partial charge in [-0.25, -0.2) is 15.0 Å². The van der Waals surface area contributed by atoms with Crippen LogP contribution in [0.5, 0.6) is 0 Å². The molecular formula is C27H35Cl2N9O. The van der Waals surface area contributed by atoms with Gasteiger partial charge in [0, 0.05) is 43.3 Å². The van der Waals surface area contributed by atoms with Crippen molar-refractivity contribution in [3.63, 3.8) is 0 Å². The average Bonchev–Trinajstić information content (AvgIpc) is 3.43. The Kier molecular flexibility index (Phi) is 9.93. The molecule has 0 saturated carbocycles. The highest BCUT2D eigenvalue weighted by atomic mass is 35.5. The molecule has 5 N–H and O–H groups in total. The number of nitrogens with one attached hydrogen (secondary N) is 3. The minimum absolute atomic E-state index is 0.0697. The van der Waals surface area contributed by atoms with Crippen LogP contribution in [0.4, 0.5) is 17.3 Å². The molecule has 10 nitrogen and oxygen atoms in total. The van der Waals surface area contributed by atoms with E-state index in [4.69, 9.17) is 28.9 Å². The lowest BCUT2D eigenvalue weighted by atomic mass is 9.91. The van der Waals surface area contributed by atoms with Crippen LogP contribution < -0.4 is 26.6 Å². The van der Waals surface area contributed by atoms with Crippen LogP contribution in [0.3, 0.4) is 0 Å². The number of carbonyl (C=O) groups excluding carboxylic acids is 1. The van der Waals surface area contributed by atoms with Crippen molar-refractivity contribution in [3.8, 4) is 0 Å². The molecule has 0 atom stereocenters. The topological polar surface area (TPSA) is 133 Å². The summed E-state index contributed by atoms with van der Waals surface area (Å²) in [5.74, 6) is 0.491. The Morgan fingerprint density at radius 3 is 2.51 bits per heavy atom. The summed E-state index contributed by atoms with van der Waals surface area (Å²) in [6, 6.07) is 3.00. The maximum absolute atomic E-state index is 13.2. The van der Waals surface area contributed by atoms with Gasteiger partial charge in [0.2, 0.25) is 5.95 Å². The van der Waals surface area contributed by atoms with E-state index in [1.54, 1.807) is 19.3 Å². The Morgan fingerprint density at radius 2 is 1.92 bits per heavy atom. The number of anilines is 2. The van der Waals surface area contributed by atoms with E-state index in [0.29, 0.717) is 23.2 Å². The summed E-state index contributed by atoms with van der Waals surface area (Å²) in [6.07, 6.45) is 7.05. The van der Waals surface area contributed by atoms with Gasteiger partial charge in [-0.3, -0.25) is 9.79 Å². The molecule has 0 bridgehead atoms. The van der Waals surface area contributed by atoms with Crippen LogP contribution in [0.2, 0.25) is 10.0 Å². The lowest BCUT2D eigenvalue weighted by Crippen LogP contribution is -2.32. The number of amidine groups is 2. The molecule has 1 fully saturated rings. The third-order valence-electron chi connectivity index (χ3n) is 6.01. The van der Waals surface area contributed by atoms with Gasteiger partial charge in [-0.05, 0) is 37.3 Å². The Hall–Kier alpha value is -3.63. The lowest BCUT2D eigenvalue weighted by molar-refractivity contribution is 0.0977. The number of aliphatic imine (C=N–C) groups is 2. The molecule has 3 rings (SSSR count). The van der Waals surface area contributed by atoms with Gasteiger partial charge in [-0.1, -0.05) is 50.6 Å². The summed E-state index contributed by atoms with van der Waals surface area (Å²) < 4.78 is 0. The number of carbonyl (C=O) groups is 1. The van der Waals surface area contributed by atoms with Crippen molar-refractivity contribution < 1.29 is 4.79 Å². The zero-order valence-corrected chi connectivity index (χ0v) is 24.4. The highest BCUT2D eigenvalue weighted by molar-refractivity contribution is 6.38. The first-order chi connectivity index (χ1) is 18.5. The largest absolute Gasteiger partial charge is 0.391 e. The lowest BCUT2D eigenvalue weighted by Gasteiger charge is -2.23. The predicted octanol–water partition coefficient (Wildman–Crippen LogP) is 4.88. The summed E-state index contributed by atoms with van der Waals surface area (Å²) in [5.41, 5.74) is 8.36. The van der Waals surface area contributed by atoms with Gasteiger partial charge in [0.1, 0.15) is 11.5 Å². The maximum Gasteiger partial charge on any atom is 0.258 e. The molecular weight excluding hydrogens is 537 g/mol. The van der Waals surface area contributed by atoms with Crippen LogP contribution >= 0.6 is 23.2 Å². The van der Waals surface area contributed by atoms with Crippen molar-refractivity contribution >= 4 is 58.1 Å². The first-order valence-electron chi connectivity index (χ1n) is 12.5. The number of nitrogens with two attached hydrogens (primary N) is 1. The molecule has 1 aromatic carbocycles. The Labute approximate surface area is 239 Å². The standard InChI is InChI=1S/C27H35Cl2N9O/c1-7-33-19-15-34-26(38-10-8-9-11-38)37-23(19)24(30)35-18-13-16(28)12-17(22(18)29)25(39)36-21(32-6)14-20(31-5)27(2,3)4/h7,12-15,31,33H,1,8-11H2,2-6H3,(H2,30,35)(H,32,36,39). The number of nitrogens with zero attached hydrogens (tertiary/aromatic N) is 5. The van der Waals surface area contributed by atoms with Gasteiger partial charge in [-0.15, -0.1) is 0 Å². The second kappa shape index (κ2) is 12.9. The van der Waals surface area contributed by atoms with Crippen molar-refractivity contribution in [3.05, 3.63) is 64.2 Å². The van der Waals surface area contributed by atoms with Crippen LogP contribution in [0.25, 0.3) is 0 Å². The van der Waals surface area contributed by atoms with Crippen molar-refractivity contribution in [1.29, 1.82) is 0 Å². The molecule has 0 radical (unpaired) electrons. The van der Waals surface area contributed by atoms with Crippen molar-refractivity contribution in [1.82, 2.24) is 20.6 Å². The van der Waals surface area contributed by atoms with E-state index in [0.717, 1.165) is 31.6 Å². The van der Waals surface area contributed by atoms with E-state index in [9.17, 15) is 4.79 Å². The summed E-state index contributed by atoms with van der Waals surface area (Å²) in [7, 11) is 3.40. The molecule has 0 aliphatic carbocycles. The third kappa shape index (κ3) is 7.48. The zero-order valence-electron chi connectivity index (χ0n) is 22.9. The first-order valence-corrected chi connectivity index (χ1v) is 13.2. The molecule has 0 unspecified atom stereocenters. The molecule has 2 heterocycles. The van der Waals surface area contributed by atoms with Gasteiger partial charge >= 0.3 is 0 Å². The third-order valence-corrected chi connectivity index (χ3v) is 6.63. The van der Waals surface area contributed by atoms with Gasteiger partial charge < -0.3 is 26.6 Å². The Morgan fingerprint density at radius 1 is 1.23 bits per heavy atom. The summed E-state index contributed by atoms with van der Waals surface area (Å²) >= 11 is 13.0. The fourth-order valence-electron chi connectivity index (χ4n) is 4.00. The number of benzene rings is 1. The van der Waals surface area contributed by atoms with Gasteiger partial charge in [0.05, 0.1) is 28.2 Å². The van der Waals surface area contributed by atoms with E-state index < -0.39 is 5.91 Å². The number of hydrogen-bond donors (Lipinski definition) is 4. The van der Waals surface area contributed by atoms with Crippen LogP contribution in [0.1, 0.15) is 49.7 Å². The van der Waals surface area contributed by atoms with E-state index in [-0.39, 0.29) is 32.5 Å². The first kappa shape index (κ1) is 29.9. The fraction of sp³-hybridized carbons (Fsp3) is 0.370. The van der Waals surface area contributed by atoms with Gasteiger partial charge in [0.15, 0.2) is 5.84 Å². The van der Waals surface area contributed by atoms with E-state index in [2.05, 4.69) is 68.2 Å². The molecule has 0 spiro atoms. The number of allylic oxidation sites excluding steroid dienone is 1. The van der Waals surface area contributed by atoms with E-state index in [1.165, 1.54) is 18.3 Å². The summed E-state index contributed by atoms with van der Waals surface area (Å²) in [4.78, 5) is 33.1. The second-order valence-corrected chi connectivity index (χ2v) is 10.7. The summed E-state index contributed by atoms with van der Waals surface area (Å²) in [6.45, 7) is 11.6. The highest BCUT2D eigenvalue weighted by Crippen LogP contribution is 2.33. The van der Waals surface area contributed by atoms with Crippen molar-refractivity contribution in [2.45, 2.75) is 33.6 Å². The van der Waals surface area contributed by atoms with Crippen molar-refractivity contribution in [2.24, 2.45) is 21.1 Å². The number of amides is 1. The number of rotatable bonds is 8. The minimum Gasteiger partial charge on any atom is -0.391 e. The molecule has 208 valence electrons. The second-order valence-electron chi connectivity index (χ2n) is 9.88. The normalized spacial score (nSPS) is 14.8. The number of halogens is 2. The maximum atomic E-state index is 13.2. The molecule has 1 aliphatic heterocycles. The zero-order chi connectivity index (χ0) is 28.7. The minimum atomic E-state index is -0.494.